The van der Waals surface area contributed by atoms with Gasteiger partial charge >= 0.3 is 0 Å². The van der Waals surface area contributed by atoms with Crippen molar-refractivity contribution in [2.75, 3.05) is 19.8 Å². The van der Waals surface area contributed by atoms with Gasteiger partial charge in [0.05, 0.1) is 6.54 Å². The Balaban J connectivity index is 1.66. The number of carbonyl (C=O) groups is 1. The number of benzene rings is 2. The van der Waals surface area contributed by atoms with Gasteiger partial charge in [0.15, 0.2) is 6.61 Å². The molecule has 0 saturated carbocycles. The second-order valence-electron chi connectivity index (χ2n) is 5.02. The van der Waals surface area contributed by atoms with E-state index in [1.165, 1.54) is 0 Å². The summed E-state index contributed by atoms with van der Waals surface area (Å²) in [6, 6.07) is 15.4. The minimum absolute atomic E-state index is 0.00914. The predicted molar refractivity (Wildman–Crippen MR) is 86.4 cm³/mol. The Hall–Kier alpha value is -2.49. The first-order valence-electron chi connectivity index (χ1n) is 7.30. The quantitative estimate of drug-likeness (QED) is 0.800. The van der Waals surface area contributed by atoms with Crippen molar-refractivity contribution in [2.24, 2.45) is 0 Å². The molecule has 1 N–H and O–H groups in total. The molecule has 4 heteroatoms. The van der Waals surface area contributed by atoms with Gasteiger partial charge in [-0.3, -0.25) is 4.79 Å². The van der Waals surface area contributed by atoms with Crippen LogP contribution in [-0.4, -0.2) is 25.7 Å². The third-order valence-electron chi connectivity index (χ3n) is 3.23. The van der Waals surface area contributed by atoms with Crippen LogP contribution in [0, 0.1) is 13.8 Å². The summed E-state index contributed by atoms with van der Waals surface area (Å²) in [5.41, 5.74) is 2.09. The van der Waals surface area contributed by atoms with Crippen molar-refractivity contribution in [3.8, 4) is 11.5 Å². The van der Waals surface area contributed by atoms with Gasteiger partial charge in [0.25, 0.3) is 5.91 Å². The lowest BCUT2D eigenvalue weighted by Crippen LogP contribution is -2.32. The molecule has 0 aromatic heterocycles. The summed E-state index contributed by atoms with van der Waals surface area (Å²) < 4.78 is 11.1. The third-order valence-corrected chi connectivity index (χ3v) is 3.23. The van der Waals surface area contributed by atoms with Crippen LogP contribution in [0.4, 0.5) is 0 Å². The Morgan fingerprint density at radius 3 is 2.05 bits per heavy atom. The number of rotatable bonds is 7. The maximum atomic E-state index is 11.7. The number of hydrogen-bond donors (Lipinski definition) is 1. The minimum atomic E-state index is -0.156. The molecule has 22 heavy (non-hydrogen) atoms. The molecular formula is C18H21NO3. The fraction of sp³-hybridized carbons (Fsp3) is 0.278. The molecule has 4 nitrogen and oxygen atoms in total. The molecule has 0 aliphatic rings. The van der Waals surface area contributed by atoms with E-state index in [4.69, 9.17) is 9.47 Å². The molecule has 116 valence electrons. The summed E-state index contributed by atoms with van der Waals surface area (Å²) in [5.74, 6) is 1.42. The van der Waals surface area contributed by atoms with Gasteiger partial charge in [-0.05, 0) is 37.1 Å². The maximum Gasteiger partial charge on any atom is 0.258 e. The SMILES string of the molecule is Cc1ccccc1OCCNC(=O)COc1ccccc1C. The van der Waals surface area contributed by atoms with Crippen LogP contribution in [0.25, 0.3) is 0 Å². The van der Waals surface area contributed by atoms with E-state index < -0.39 is 0 Å². The summed E-state index contributed by atoms with van der Waals surface area (Å²) in [4.78, 5) is 11.7. The van der Waals surface area contributed by atoms with Gasteiger partial charge in [-0.15, -0.1) is 0 Å². The third kappa shape index (κ3) is 4.81. The molecule has 0 fully saturated rings. The number of aryl methyl sites for hydroxylation is 2. The van der Waals surface area contributed by atoms with E-state index in [0.717, 1.165) is 22.6 Å². The predicted octanol–water partition coefficient (Wildman–Crippen LogP) is 2.88. The Morgan fingerprint density at radius 1 is 0.909 bits per heavy atom. The van der Waals surface area contributed by atoms with Crippen LogP contribution in [0.3, 0.4) is 0 Å². The highest BCUT2D eigenvalue weighted by molar-refractivity contribution is 5.77. The molecule has 0 heterocycles. The molecule has 0 bridgehead atoms. The first-order valence-corrected chi connectivity index (χ1v) is 7.30. The van der Waals surface area contributed by atoms with E-state index in [-0.39, 0.29) is 12.5 Å². The smallest absolute Gasteiger partial charge is 0.258 e. The van der Waals surface area contributed by atoms with E-state index in [9.17, 15) is 4.79 Å². The van der Waals surface area contributed by atoms with Gasteiger partial charge in [-0.1, -0.05) is 36.4 Å². The van der Waals surface area contributed by atoms with Gasteiger partial charge in [0, 0.05) is 0 Å². The molecular weight excluding hydrogens is 278 g/mol. The van der Waals surface area contributed by atoms with Gasteiger partial charge < -0.3 is 14.8 Å². The first kappa shape index (κ1) is 15.9. The van der Waals surface area contributed by atoms with Crippen LogP contribution < -0.4 is 14.8 Å². The van der Waals surface area contributed by atoms with Crippen LogP contribution in [0.15, 0.2) is 48.5 Å². The maximum absolute atomic E-state index is 11.7. The van der Waals surface area contributed by atoms with Crippen molar-refractivity contribution in [1.82, 2.24) is 5.32 Å². The number of ether oxygens (including phenoxy) is 2. The number of amides is 1. The van der Waals surface area contributed by atoms with E-state index in [1.807, 2.05) is 62.4 Å². The van der Waals surface area contributed by atoms with Crippen molar-refractivity contribution in [1.29, 1.82) is 0 Å². The standard InChI is InChI=1S/C18H21NO3/c1-14-7-3-5-9-16(14)21-12-11-19-18(20)13-22-17-10-6-4-8-15(17)2/h3-10H,11-13H2,1-2H3,(H,19,20). The summed E-state index contributed by atoms with van der Waals surface area (Å²) in [5, 5.41) is 2.77. The molecule has 2 aromatic rings. The summed E-state index contributed by atoms with van der Waals surface area (Å²) in [7, 11) is 0. The second kappa shape index (κ2) is 8.08. The molecule has 2 aromatic carbocycles. The van der Waals surface area contributed by atoms with Crippen molar-refractivity contribution in [3.63, 3.8) is 0 Å². The Bertz CT molecular complexity index is 625. The number of carbonyl (C=O) groups excluding carboxylic acids is 1. The average Bonchev–Trinajstić information content (AvgIpc) is 2.52. The monoisotopic (exact) mass is 299 g/mol. The zero-order chi connectivity index (χ0) is 15.8. The molecule has 1 amide bonds. The van der Waals surface area contributed by atoms with Gasteiger partial charge in [0.2, 0.25) is 0 Å². The Kier molecular flexibility index (Phi) is 5.83. The number of nitrogens with one attached hydrogen (secondary N) is 1. The van der Waals surface area contributed by atoms with Crippen LogP contribution in [0.1, 0.15) is 11.1 Å². The fourth-order valence-corrected chi connectivity index (χ4v) is 1.98. The Labute approximate surface area is 131 Å². The van der Waals surface area contributed by atoms with E-state index in [1.54, 1.807) is 0 Å². The molecule has 0 spiro atoms. The zero-order valence-corrected chi connectivity index (χ0v) is 13.0. The van der Waals surface area contributed by atoms with Crippen LogP contribution >= 0.6 is 0 Å². The van der Waals surface area contributed by atoms with Gasteiger partial charge in [0.1, 0.15) is 18.1 Å². The largest absolute Gasteiger partial charge is 0.491 e. The topological polar surface area (TPSA) is 47.6 Å². The highest BCUT2D eigenvalue weighted by Gasteiger charge is 2.04. The molecule has 0 saturated heterocycles. The van der Waals surface area contributed by atoms with Crippen LogP contribution in [-0.2, 0) is 4.79 Å². The molecule has 2 rings (SSSR count). The van der Waals surface area contributed by atoms with Crippen molar-refractivity contribution >= 4 is 5.91 Å². The van der Waals surface area contributed by atoms with E-state index in [2.05, 4.69) is 5.32 Å². The summed E-state index contributed by atoms with van der Waals surface area (Å²) >= 11 is 0. The lowest BCUT2D eigenvalue weighted by atomic mass is 10.2. The number of hydrogen-bond acceptors (Lipinski definition) is 3. The van der Waals surface area contributed by atoms with Crippen molar-refractivity contribution in [2.45, 2.75) is 13.8 Å². The normalized spacial score (nSPS) is 10.1. The molecule has 0 atom stereocenters. The number of para-hydroxylation sites is 2. The average molecular weight is 299 g/mol. The van der Waals surface area contributed by atoms with Crippen LogP contribution in [0.2, 0.25) is 0 Å². The highest BCUT2D eigenvalue weighted by Crippen LogP contribution is 2.16. The lowest BCUT2D eigenvalue weighted by molar-refractivity contribution is -0.123. The molecule has 0 radical (unpaired) electrons. The van der Waals surface area contributed by atoms with Gasteiger partial charge in [-0.2, -0.15) is 0 Å². The minimum Gasteiger partial charge on any atom is -0.491 e. The first-order chi connectivity index (χ1) is 10.7. The Morgan fingerprint density at radius 2 is 1.45 bits per heavy atom. The molecule has 0 aliphatic carbocycles. The lowest BCUT2D eigenvalue weighted by Gasteiger charge is -2.11. The molecule has 0 unspecified atom stereocenters. The van der Waals surface area contributed by atoms with Crippen molar-refractivity contribution in [3.05, 3.63) is 59.7 Å². The summed E-state index contributed by atoms with van der Waals surface area (Å²) in [6.07, 6.45) is 0. The van der Waals surface area contributed by atoms with Gasteiger partial charge in [-0.25, -0.2) is 0 Å². The zero-order valence-electron chi connectivity index (χ0n) is 13.0. The highest BCUT2D eigenvalue weighted by atomic mass is 16.5. The van der Waals surface area contributed by atoms with Crippen molar-refractivity contribution < 1.29 is 14.3 Å². The molecule has 0 aliphatic heterocycles. The second-order valence-corrected chi connectivity index (χ2v) is 5.02. The van der Waals surface area contributed by atoms with E-state index >= 15 is 0 Å². The van der Waals surface area contributed by atoms with E-state index in [0.29, 0.717) is 13.2 Å². The summed E-state index contributed by atoms with van der Waals surface area (Å²) in [6.45, 7) is 4.83. The van der Waals surface area contributed by atoms with Crippen LogP contribution in [0.5, 0.6) is 11.5 Å². The fourth-order valence-electron chi connectivity index (χ4n) is 1.98.